The lowest BCUT2D eigenvalue weighted by Gasteiger charge is -2.19. The lowest BCUT2D eigenvalue weighted by molar-refractivity contribution is -0.140. The molecule has 0 aliphatic carbocycles. The van der Waals surface area contributed by atoms with Crippen molar-refractivity contribution in [3.63, 3.8) is 0 Å². The summed E-state index contributed by atoms with van der Waals surface area (Å²) in [5, 5.41) is 2.98. The molecule has 0 bridgehead atoms. The van der Waals surface area contributed by atoms with Gasteiger partial charge in [-0.1, -0.05) is 45.0 Å². The van der Waals surface area contributed by atoms with Crippen LogP contribution in [-0.4, -0.2) is 29.0 Å². The molecular weight excluding hydrogens is 450 g/mol. The van der Waals surface area contributed by atoms with Crippen LogP contribution in [0.4, 0.5) is 5.69 Å². The number of amides is 1. The highest BCUT2D eigenvalue weighted by Gasteiger charge is 2.16. The fourth-order valence-corrected chi connectivity index (χ4v) is 4.45. The normalized spacial score (nSPS) is 11.5. The first-order valence-corrected chi connectivity index (χ1v) is 12.1. The van der Waals surface area contributed by atoms with E-state index in [4.69, 9.17) is 9.72 Å². The van der Waals surface area contributed by atoms with Crippen molar-refractivity contribution in [3.8, 4) is 11.4 Å². The molecule has 0 aliphatic heterocycles. The largest absolute Gasteiger partial charge is 0.469 e. The van der Waals surface area contributed by atoms with Crippen molar-refractivity contribution in [2.45, 2.75) is 52.9 Å². The molecule has 186 valence electrons. The third-order valence-corrected chi connectivity index (χ3v) is 6.43. The van der Waals surface area contributed by atoms with Crippen molar-refractivity contribution in [2.24, 2.45) is 0 Å². The van der Waals surface area contributed by atoms with Gasteiger partial charge in [0.15, 0.2) is 0 Å². The number of H-pyrrole nitrogens is 1. The number of hydrogen-bond donors (Lipinski definition) is 2. The van der Waals surface area contributed by atoms with E-state index in [1.807, 2.05) is 50.2 Å². The van der Waals surface area contributed by atoms with Crippen molar-refractivity contribution >= 4 is 28.6 Å². The summed E-state index contributed by atoms with van der Waals surface area (Å²) in [7, 11) is 1.41. The number of ether oxygens (including phenoxy) is 1. The molecule has 4 rings (SSSR count). The number of rotatable bonds is 6. The molecule has 2 N–H and O–H groups in total. The lowest BCUT2D eigenvalue weighted by atomic mass is 9.87. The minimum Gasteiger partial charge on any atom is -0.469 e. The van der Waals surface area contributed by atoms with Gasteiger partial charge in [0.1, 0.15) is 5.82 Å². The summed E-state index contributed by atoms with van der Waals surface area (Å²) in [5.74, 6) is 0.377. The molecule has 0 saturated carbocycles. The Morgan fingerprint density at radius 3 is 2.25 bits per heavy atom. The van der Waals surface area contributed by atoms with Crippen LogP contribution in [0.25, 0.3) is 22.4 Å². The Morgan fingerprint density at radius 2 is 1.64 bits per heavy atom. The van der Waals surface area contributed by atoms with Gasteiger partial charge in [-0.05, 0) is 78.3 Å². The molecule has 0 radical (unpaired) electrons. The molecule has 36 heavy (non-hydrogen) atoms. The Labute approximate surface area is 212 Å². The van der Waals surface area contributed by atoms with Gasteiger partial charge in [0.2, 0.25) is 0 Å². The predicted octanol–water partition coefficient (Wildman–Crippen LogP) is 6.50. The maximum Gasteiger partial charge on any atom is 0.305 e. The first-order chi connectivity index (χ1) is 17.0. The highest BCUT2D eigenvalue weighted by atomic mass is 16.5. The number of methoxy groups -OCH3 is 1. The Kier molecular flexibility index (Phi) is 6.97. The smallest absolute Gasteiger partial charge is 0.305 e. The quantitative estimate of drug-likeness (QED) is 0.307. The highest BCUT2D eigenvalue weighted by Crippen LogP contribution is 2.29. The highest BCUT2D eigenvalue weighted by molar-refractivity contribution is 6.06. The standard InChI is InChI=1S/C30H33N3O3/c1-18-15-20(7-14-26(34)36-6)16-19(2)27(18)28-32-24-13-8-21(17-25(24)33-28)29(35)31-23-11-9-22(10-12-23)30(3,4)5/h8-13,15-17H,7,14H2,1-6H3,(H,31,35)(H,32,33). The zero-order valence-corrected chi connectivity index (χ0v) is 21.8. The molecule has 0 saturated heterocycles. The maximum atomic E-state index is 12.9. The average molecular weight is 484 g/mol. The predicted molar refractivity (Wildman–Crippen MR) is 144 cm³/mol. The van der Waals surface area contributed by atoms with E-state index < -0.39 is 0 Å². The Morgan fingerprint density at radius 1 is 0.972 bits per heavy atom. The number of aryl methyl sites for hydroxylation is 3. The molecule has 0 unspecified atom stereocenters. The van der Waals surface area contributed by atoms with E-state index in [-0.39, 0.29) is 17.3 Å². The molecule has 6 nitrogen and oxygen atoms in total. The van der Waals surface area contributed by atoms with E-state index in [2.05, 4.69) is 43.2 Å². The Balaban J connectivity index is 1.55. The molecular formula is C30H33N3O3. The summed E-state index contributed by atoms with van der Waals surface area (Å²) in [5.41, 5.74) is 8.46. The number of imidazole rings is 1. The van der Waals surface area contributed by atoms with Gasteiger partial charge in [0.05, 0.1) is 18.1 Å². The van der Waals surface area contributed by atoms with E-state index in [0.29, 0.717) is 18.4 Å². The third-order valence-electron chi connectivity index (χ3n) is 6.43. The molecule has 1 heterocycles. The summed E-state index contributed by atoms with van der Waals surface area (Å²) in [6.07, 6.45) is 0.983. The molecule has 1 amide bonds. The second kappa shape index (κ2) is 9.97. The van der Waals surface area contributed by atoms with E-state index in [1.54, 1.807) is 6.07 Å². The minimum atomic E-state index is -0.214. The van der Waals surface area contributed by atoms with Crippen LogP contribution in [-0.2, 0) is 21.4 Å². The van der Waals surface area contributed by atoms with Gasteiger partial charge in [-0.2, -0.15) is 0 Å². The van der Waals surface area contributed by atoms with Gasteiger partial charge >= 0.3 is 5.97 Å². The molecule has 1 aromatic heterocycles. The van der Waals surface area contributed by atoms with E-state index in [1.165, 1.54) is 12.7 Å². The number of carbonyl (C=O) groups is 2. The van der Waals surface area contributed by atoms with E-state index in [0.717, 1.165) is 44.8 Å². The van der Waals surface area contributed by atoms with Crippen molar-refractivity contribution in [3.05, 3.63) is 82.4 Å². The summed E-state index contributed by atoms with van der Waals surface area (Å²) in [6.45, 7) is 10.6. The van der Waals surface area contributed by atoms with Crippen LogP contribution in [0.1, 0.15) is 59.8 Å². The second-order valence-electron chi connectivity index (χ2n) is 10.3. The fourth-order valence-electron chi connectivity index (χ4n) is 4.45. The monoisotopic (exact) mass is 483 g/mol. The summed E-state index contributed by atoms with van der Waals surface area (Å²) in [6, 6.07) is 17.6. The number of hydrogen-bond acceptors (Lipinski definition) is 4. The van der Waals surface area contributed by atoms with Crippen LogP contribution in [0.2, 0.25) is 0 Å². The van der Waals surface area contributed by atoms with Crippen LogP contribution in [0.15, 0.2) is 54.6 Å². The number of esters is 1. The molecule has 0 atom stereocenters. The lowest BCUT2D eigenvalue weighted by Crippen LogP contribution is -2.13. The second-order valence-corrected chi connectivity index (χ2v) is 10.3. The SMILES string of the molecule is COC(=O)CCc1cc(C)c(-c2nc3ccc(C(=O)Nc4ccc(C(C)(C)C)cc4)cc3[nH]2)c(C)c1. The number of benzene rings is 3. The Bertz CT molecular complexity index is 1400. The van der Waals surface area contributed by atoms with Crippen molar-refractivity contribution in [2.75, 3.05) is 12.4 Å². The van der Waals surface area contributed by atoms with Crippen molar-refractivity contribution in [1.29, 1.82) is 0 Å². The summed E-state index contributed by atoms with van der Waals surface area (Å²) in [4.78, 5) is 32.6. The zero-order valence-electron chi connectivity index (χ0n) is 21.8. The van der Waals surface area contributed by atoms with E-state index in [9.17, 15) is 9.59 Å². The average Bonchev–Trinajstić information content (AvgIpc) is 3.24. The van der Waals surface area contributed by atoms with Crippen molar-refractivity contribution < 1.29 is 14.3 Å². The van der Waals surface area contributed by atoms with Gasteiger partial charge in [-0.3, -0.25) is 9.59 Å². The van der Waals surface area contributed by atoms with Gasteiger partial charge in [-0.25, -0.2) is 4.98 Å². The number of aromatic amines is 1. The summed E-state index contributed by atoms with van der Waals surface area (Å²) >= 11 is 0. The zero-order chi connectivity index (χ0) is 26.0. The van der Waals surface area contributed by atoms with Gasteiger partial charge in [-0.15, -0.1) is 0 Å². The van der Waals surface area contributed by atoms with E-state index >= 15 is 0 Å². The van der Waals surface area contributed by atoms with Gasteiger partial charge in [0, 0.05) is 23.2 Å². The van der Waals surface area contributed by atoms with Gasteiger partial charge < -0.3 is 15.0 Å². The number of fused-ring (bicyclic) bond motifs is 1. The number of nitrogens with zero attached hydrogens (tertiary/aromatic N) is 1. The van der Waals surface area contributed by atoms with Crippen LogP contribution < -0.4 is 5.32 Å². The third kappa shape index (κ3) is 5.48. The molecule has 0 spiro atoms. The van der Waals surface area contributed by atoms with Crippen molar-refractivity contribution in [1.82, 2.24) is 9.97 Å². The summed E-state index contributed by atoms with van der Waals surface area (Å²) < 4.78 is 4.75. The Hall–Kier alpha value is -3.93. The van der Waals surface area contributed by atoms with Crippen LogP contribution >= 0.6 is 0 Å². The minimum absolute atomic E-state index is 0.0615. The number of anilines is 1. The first kappa shape index (κ1) is 25.2. The first-order valence-electron chi connectivity index (χ1n) is 12.1. The molecule has 0 aliphatic rings. The van der Waals surface area contributed by atoms with Crippen LogP contribution in [0.3, 0.4) is 0 Å². The van der Waals surface area contributed by atoms with Crippen LogP contribution in [0, 0.1) is 13.8 Å². The molecule has 6 heteroatoms. The van der Waals surface area contributed by atoms with Gasteiger partial charge in [0.25, 0.3) is 5.91 Å². The number of carbonyl (C=O) groups excluding carboxylic acids is 2. The molecule has 3 aromatic carbocycles. The fraction of sp³-hybridized carbons (Fsp3) is 0.300. The topological polar surface area (TPSA) is 84.1 Å². The number of nitrogens with one attached hydrogen (secondary N) is 2. The molecule has 0 fully saturated rings. The van der Waals surface area contributed by atoms with Crippen LogP contribution in [0.5, 0.6) is 0 Å². The number of aromatic nitrogens is 2. The maximum absolute atomic E-state index is 12.9. The molecule has 4 aromatic rings.